The van der Waals surface area contributed by atoms with Crippen LogP contribution in [-0.2, 0) is 9.59 Å². The van der Waals surface area contributed by atoms with Crippen molar-refractivity contribution < 1.29 is 9.59 Å². The van der Waals surface area contributed by atoms with Gasteiger partial charge in [0.1, 0.15) is 0 Å². The highest BCUT2D eigenvalue weighted by atomic mass is 32.1. The summed E-state index contributed by atoms with van der Waals surface area (Å²) >= 11 is 1.62. The van der Waals surface area contributed by atoms with Crippen molar-refractivity contribution in [3.05, 3.63) is 58.4 Å². The van der Waals surface area contributed by atoms with E-state index >= 15 is 0 Å². The highest BCUT2D eigenvalue weighted by molar-refractivity contribution is 7.10. The lowest BCUT2D eigenvalue weighted by molar-refractivity contribution is -0.136. The minimum Gasteiger partial charge on any atom is -0.346 e. The van der Waals surface area contributed by atoms with E-state index in [9.17, 15) is 9.59 Å². The lowest BCUT2D eigenvalue weighted by atomic mass is 10.1. The van der Waals surface area contributed by atoms with Crippen molar-refractivity contribution in [1.29, 1.82) is 0 Å². The average Bonchev–Trinajstić information content (AvgIpc) is 3.15. The van der Waals surface area contributed by atoms with Crippen molar-refractivity contribution in [2.24, 2.45) is 0 Å². The predicted molar refractivity (Wildman–Crippen MR) is 109 cm³/mol. The van der Waals surface area contributed by atoms with Crippen LogP contribution in [-0.4, -0.2) is 42.3 Å². The topological polar surface area (TPSA) is 74.3 Å². The lowest BCUT2D eigenvalue weighted by Gasteiger charge is -2.23. The number of benzene rings is 1. The van der Waals surface area contributed by atoms with Crippen LogP contribution < -0.4 is 10.6 Å². The molecule has 2 heterocycles. The van der Waals surface area contributed by atoms with Crippen LogP contribution in [0.25, 0.3) is 10.9 Å². The first-order chi connectivity index (χ1) is 13.0. The maximum Gasteiger partial charge on any atom is 0.313 e. The van der Waals surface area contributed by atoms with Crippen molar-refractivity contribution in [3.8, 4) is 0 Å². The largest absolute Gasteiger partial charge is 0.346 e. The monoisotopic (exact) mass is 382 g/mol. The number of aromatic nitrogens is 1. The van der Waals surface area contributed by atoms with Crippen LogP contribution in [0.1, 0.15) is 16.6 Å². The van der Waals surface area contributed by atoms with Crippen molar-refractivity contribution in [2.45, 2.75) is 13.0 Å². The maximum atomic E-state index is 12.4. The van der Waals surface area contributed by atoms with Gasteiger partial charge in [-0.3, -0.25) is 14.6 Å². The van der Waals surface area contributed by atoms with E-state index in [4.69, 9.17) is 0 Å². The van der Waals surface area contributed by atoms with Gasteiger partial charge in [0.05, 0.1) is 17.2 Å². The fourth-order valence-corrected chi connectivity index (χ4v) is 3.80. The van der Waals surface area contributed by atoms with Crippen LogP contribution in [0.2, 0.25) is 0 Å². The normalized spacial score (nSPS) is 12.1. The van der Waals surface area contributed by atoms with Gasteiger partial charge in [0.2, 0.25) is 0 Å². The second kappa shape index (κ2) is 8.28. The van der Waals surface area contributed by atoms with E-state index in [1.807, 2.05) is 67.7 Å². The zero-order chi connectivity index (χ0) is 19.4. The SMILES string of the molecule is Cc1cc(NC(=O)C(=O)NC[C@H](c2cccs2)N(C)C)c2ccccc2n1. The molecule has 0 aliphatic carbocycles. The fraction of sp³-hybridized carbons (Fsp3) is 0.250. The van der Waals surface area contributed by atoms with Crippen LogP contribution >= 0.6 is 11.3 Å². The van der Waals surface area contributed by atoms with Gasteiger partial charge in [-0.15, -0.1) is 11.3 Å². The summed E-state index contributed by atoms with van der Waals surface area (Å²) in [4.78, 5) is 32.3. The molecule has 0 aliphatic rings. The van der Waals surface area contributed by atoms with Gasteiger partial charge in [0.25, 0.3) is 0 Å². The molecule has 6 nitrogen and oxygen atoms in total. The van der Waals surface area contributed by atoms with Gasteiger partial charge in [-0.05, 0) is 44.6 Å². The van der Waals surface area contributed by atoms with Crippen LogP contribution in [0.3, 0.4) is 0 Å². The lowest BCUT2D eigenvalue weighted by Crippen LogP contribution is -2.40. The summed E-state index contributed by atoms with van der Waals surface area (Å²) in [5.41, 5.74) is 2.13. The quantitative estimate of drug-likeness (QED) is 0.666. The number of hydrogen-bond donors (Lipinski definition) is 2. The molecule has 0 bridgehead atoms. The number of fused-ring (bicyclic) bond motifs is 1. The molecule has 0 aliphatic heterocycles. The Morgan fingerprint density at radius 3 is 2.63 bits per heavy atom. The Kier molecular flexibility index (Phi) is 5.83. The molecule has 2 N–H and O–H groups in total. The smallest absolute Gasteiger partial charge is 0.313 e. The molecule has 0 unspecified atom stereocenters. The van der Waals surface area contributed by atoms with E-state index in [1.54, 1.807) is 17.4 Å². The Labute approximate surface area is 162 Å². The van der Waals surface area contributed by atoms with Crippen molar-refractivity contribution >= 4 is 39.7 Å². The van der Waals surface area contributed by atoms with Gasteiger partial charge in [-0.25, -0.2) is 0 Å². The fourth-order valence-electron chi connectivity index (χ4n) is 2.88. The molecule has 140 valence electrons. The highest BCUT2D eigenvalue weighted by Gasteiger charge is 2.20. The number of likely N-dealkylation sites (N-methyl/N-ethyl adjacent to an activating group) is 1. The van der Waals surface area contributed by atoms with Crippen LogP contribution in [0.4, 0.5) is 5.69 Å². The van der Waals surface area contributed by atoms with Gasteiger partial charge in [0, 0.05) is 22.5 Å². The number of carbonyl (C=O) groups is 2. The molecule has 2 amide bonds. The summed E-state index contributed by atoms with van der Waals surface area (Å²) in [7, 11) is 3.89. The number of pyridine rings is 1. The highest BCUT2D eigenvalue weighted by Crippen LogP contribution is 2.23. The average molecular weight is 382 g/mol. The molecular formula is C20H22N4O2S. The number of rotatable bonds is 5. The van der Waals surface area contributed by atoms with E-state index in [-0.39, 0.29) is 6.04 Å². The summed E-state index contributed by atoms with van der Waals surface area (Å²) < 4.78 is 0. The number of carbonyl (C=O) groups excluding carboxylic acids is 2. The maximum absolute atomic E-state index is 12.4. The van der Waals surface area contributed by atoms with Crippen molar-refractivity contribution in [1.82, 2.24) is 15.2 Å². The predicted octanol–water partition coefficient (Wildman–Crippen LogP) is 2.96. The van der Waals surface area contributed by atoms with E-state index in [0.29, 0.717) is 12.2 Å². The third-order valence-electron chi connectivity index (χ3n) is 4.25. The van der Waals surface area contributed by atoms with Gasteiger partial charge in [-0.2, -0.15) is 0 Å². The van der Waals surface area contributed by atoms with Gasteiger partial charge in [-0.1, -0.05) is 24.3 Å². The van der Waals surface area contributed by atoms with Gasteiger partial charge < -0.3 is 15.5 Å². The summed E-state index contributed by atoms with van der Waals surface area (Å²) in [6, 6.07) is 13.3. The molecule has 3 rings (SSSR count). The number of nitrogens with one attached hydrogen (secondary N) is 2. The Balaban J connectivity index is 1.69. The Bertz CT molecular complexity index is 954. The first-order valence-corrected chi connectivity index (χ1v) is 9.49. The number of anilines is 1. The minimum atomic E-state index is -0.686. The molecule has 27 heavy (non-hydrogen) atoms. The Morgan fingerprint density at radius 2 is 1.93 bits per heavy atom. The molecule has 1 atom stereocenters. The summed E-state index contributed by atoms with van der Waals surface area (Å²) in [5.74, 6) is -1.34. The van der Waals surface area contributed by atoms with Crippen molar-refractivity contribution in [2.75, 3.05) is 26.0 Å². The first-order valence-electron chi connectivity index (χ1n) is 8.61. The number of para-hydroxylation sites is 1. The van der Waals surface area contributed by atoms with Gasteiger partial charge in [0.15, 0.2) is 0 Å². The molecule has 3 aromatic rings. The van der Waals surface area contributed by atoms with Crippen LogP contribution in [0, 0.1) is 6.92 Å². The van der Waals surface area contributed by atoms with Crippen LogP contribution in [0.15, 0.2) is 47.8 Å². The second-order valence-corrected chi connectivity index (χ2v) is 7.47. The van der Waals surface area contributed by atoms with E-state index in [2.05, 4.69) is 15.6 Å². The molecule has 0 radical (unpaired) electrons. The zero-order valence-electron chi connectivity index (χ0n) is 15.5. The molecule has 0 fully saturated rings. The number of amides is 2. The zero-order valence-corrected chi connectivity index (χ0v) is 16.3. The molecule has 2 aromatic heterocycles. The molecule has 0 spiro atoms. The molecule has 0 saturated heterocycles. The van der Waals surface area contributed by atoms with E-state index < -0.39 is 11.8 Å². The minimum absolute atomic E-state index is 0.0192. The molecular weight excluding hydrogens is 360 g/mol. The standard InChI is InChI=1S/C20H22N4O2S/c1-13-11-16(14-7-4-5-8-15(14)22-13)23-20(26)19(25)21-12-17(24(2)3)18-9-6-10-27-18/h4-11,17H,12H2,1-3H3,(H,21,25)(H,22,23,26)/t17-/m1/s1. The number of nitrogens with zero attached hydrogens (tertiary/aromatic N) is 2. The summed E-state index contributed by atoms with van der Waals surface area (Å²) in [5, 5.41) is 8.24. The van der Waals surface area contributed by atoms with Crippen molar-refractivity contribution in [3.63, 3.8) is 0 Å². The molecule has 0 saturated carbocycles. The van der Waals surface area contributed by atoms with E-state index in [1.165, 1.54) is 0 Å². The van der Waals surface area contributed by atoms with E-state index in [0.717, 1.165) is 21.5 Å². The Hall–Kier alpha value is -2.77. The number of aryl methyl sites for hydroxylation is 1. The third-order valence-corrected chi connectivity index (χ3v) is 5.22. The third kappa shape index (κ3) is 4.50. The summed E-state index contributed by atoms with van der Waals surface area (Å²) in [6.45, 7) is 2.21. The molecule has 1 aromatic carbocycles. The number of hydrogen-bond acceptors (Lipinski definition) is 5. The molecule has 7 heteroatoms. The van der Waals surface area contributed by atoms with Gasteiger partial charge >= 0.3 is 11.8 Å². The summed E-state index contributed by atoms with van der Waals surface area (Å²) in [6.07, 6.45) is 0. The van der Waals surface area contributed by atoms with Crippen LogP contribution in [0.5, 0.6) is 0 Å². The second-order valence-electron chi connectivity index (χ2n) is 6.49. The first kappa shape index (κ1) is 19.0. The number of thiophene rings is 1. The Morgan fingerprint density at radius 1 is 1.15 bits per heavy atom.